The van der Waals surface area contributed by atoms with Crippen LogP contribution in [0.5, 0.6) is 0 Å². The van der Waals surface area contributed by atoms with Crippen LogP contribution in [0.3, 0.4) is 0 Å². The van der Waals surface area contributed by atoms with Gasteiger partial charge in [-0.2, -0.15) is 0 Å². The Bertz CT molecular complexity index is 444. The molecule has 100 valence electrons. The first-order valence-electron chi connectivity index (χ1n) is 5.61. The highest BCUT2D eigenvalue weighted by molar-refractivity contribution is 9.11. The molecule has 0 bridgehead atoms. The molecule has 0 aromatic carbocycles. The zero-order valence-corrected chi connectivity index (χ0v) is 12.8. The van der Waals surface area contributed by atoms with Crippen molar-refractivity contribution in [3.8, 4) is 0 Å². The fraction of sp³-hybridized carbons (Fsp3) is 0.500. The van der Waals surface area contributed by atoms with E-state index < -0.39 is 12.0 Å². The summed E-state index contributed by atoms with van der Waals surface area (Å²) in [5, 5.41) is 11.6. The Hall–Kier alpha value is -0.880. The fourth-order valence-electron chi connectivity index (χ4n) is 1.48. The maximum atomic E-state index is 12.0. The highest BCUT2D eigenvalue weighted by Gasteiger charge is 2.26. The molecule has 6 heteroatoms. The van der Waals surface area contributed by atoms with E-state index >= 15 is 0 Å². The van der Waals surface area contributed by atoms with Gasteiger partial charge in [-0.05, 0) is 40.9 Å². The standard InChI is InChI=1S/C12H16BrNO3S/c1-6(2)10(12(16)17)14-11(15)7(3)8-4-5-9(13)18-8/h4-7,10H,1-3H3,(H,14,15)(H,16,17)/t7?,10-/m1/s1. The third-order valence-corrected chi connectivity index (χ3v) is 4.45. The second-order valence-corrected chi connectivity index (χ2v) is 6.93. The van der Waals surface area contributed by atoms with Crippen molar-refractivity contribution in [2.75, 3.05) is 0 Å². The number of carboxylic acid groups (broad SMARTS) is 1. The average molecular weight is 334 g/mol. The second kappa shape index (κ2) is 6.33. The molecule has 0 saturated carbocycles. The van der Waals surface area contributed by atoms with E-state index in [9.17, 15) is 9.59 Å². The third-order valence-electron chi connectivity index (χ3n) is 2.64. The molecule has 0 radical (unpaired) electrons. The van der Waals surface area contributed by atoms with Crippen molar-refractivity contribution in [2.45, 2.75) is 32.7 Å². The van der Waals surface area contributed by atoms with Crippen LogP contribution in [-0.2, 0) is 9.59 Å². The van der Waals surface area contributed by atoms with Crippen molar-refractivity contribution in [1.29, 1.82) is 0 Å². The molecule has 2 N–H and O–H groups in total. The van der Waals surface area contributed by atoms with Gasteiger partial charge >= 0.3 is 5.97 Å². The monoisotopic (exact) mass is 333 g/mol. The summed E-state index contributed by atoms with van der Waals surface area (Å²) in [6.07, 6.45) is 0. The minimum Gasteiger partial charge on any atom is -0.480 e. The molecule has 1 rings (SSSR count). The topological polar surface area (TPSA) is 66.4 Å². The van der Waals surface area contributed by atoms with Gasteiger partial charge in [-0.3, -0.25) is 4.79 Å². The number of carbonyl (C=O) groups is 2. The van der Waals surface area contributed by atoms with E-state index in [4.69, 9.17) is 5.11 Å². The summed E-state index contributed by atoms with van der Waals surface area (Å²) in [6.45, 7) is 5.31. The number of halogens is 1. The third kappa shape index (κ3) is 3.81. The van der Waals surface area contributed by atoms with Crippen LogP contribution in [-0.4, -0.2) is 23.0 Å². The maximum Gasteiger partial charge on any atom is 0.326 e. The molecule has 4 nitrogen and oxygen atoms in total. The summed E-state index contributed by atoms with van der Waals surface area (Å²) in [4.78, 5) is 23.9. The highest BCUT2D eigenvalue weighted by atomic mass is 79.9. The average Bonchev–Trinajstić information content (AvgIpc) is 2.70. The first kappa shape index (κ1) is 15.2. The quantitative estimate of drug-likeness (QED) is 0.870. The molecule has 1 aromatic rings. The summed E-state index contributed by atoms with van der Waals surface area (Å²) in [5.41, 5.74) is 0. The van der Waals surface area contributed by atoms with E-state index in [1.54, 1.807) is 20.8 Å². The van der Waals surface area contributed by atoms with Crippen molar-refractivity contribution in [3.05, 3.63) is 20.8 Å². The van der Waals surface area contributed by atoms with E-state index in [0.717, 1.165) is 8.66 Å². The first-order chi connectivity index (χ1) is 8.32. The molecule has 0 aliphatic heterocycles. The van der Waals surface area contributed by atoms with Crippen LogP contribution in [0.25, 0.3) is 0 Å². The Kier molecular flexibility index (Phi) is 5.34. The van der Waals surface area contributed by atoms with Gasteiger partial charge in [-0.25, -0.2) is 4.79 Å². The van der Waals surface area contributed by atoms with Gasteiger partial charge in [0.25, 0.3) is 0 Å². The van der Waals surface area contributed by atoms with Crippen LogP contribution < -0.4 is 5.32 Å². The van der Waals surface area contributed by atoms with Crippen molar-refractivity contribution >= 4 is 39.1 Å². The van der Waals surface area contributed by atoms with Crippen molar-refractivity contribution in [3.63, 3.8) is 0 Å². The van der Waals surface area contributed by atoms with Gasteiger partial charge < -0.3 is 10.4 Å². The van der Waals surface area contributed by atoms with Gasteiger partial charge in [0.05, 0.1) is 9.70 Å². The number of hydrogen-bond acceptors (Lipinski definition) is 3. The molecule has 1 heterocycles. The van der Waals surface area contributed by atoms with E-state index in [0.29, 0.717) is 0 Å². The molecule has 0 spiro atoms. The molecule has 1 amide bonds. The molecule has 1 unspecified atom stereocenters. The zero-order chi connectivity index (χ0) is 13.9. The van der Waals surface area contributed by atoms with Crippen LogP contribution in [0.4, 0.5) is 0 Å². The minimum absolute atomic E-state index is 0.145. The van der Waals surface area contributed by atoms with Gasteiger partial charge in [0.1, 0.15) is 6.04 Å². The number of rotatable bonds is 5. The van der Waals surface area contributed by atoms with Gasteiger partial charge in [-0.1, -0.05) is 13.8 Å². The lowest BCUT2D eigenvalue weighted by atomic mass is 10.0. The van der Waals surface area contributed by atoms with Crippen LogP contribution in [0, 0.1) is 5.92 Å². The molecule has 0 saturated heterocycles. The summed E-state index contributed by atoms with van der Waals surface area (Å²) >= 11 is 4.82. The highest BCUT2D eigenvalue weighted by Crippen LogP contribution is 2.28. The van der Waals surface area contributed by atoms with Crippen LogP contribution in [0.1, 0.15) is 31.6 Å². The largest absolute Gasteiger partial charge is 0.480 e. The Labute approximate surface area is 119 Å². The molecular formula is C12H16BrNO3S. The molecule has 1 aromatic heterocycles. The molecule has 0 aliphatic carbocycles. The normalized spacial score (nSPS) is 14.3. The lowest BCUT2D eigenvalue weighted by Gasteiger charge is -2.20. The fourth-order valence-corrected chi connectivity index (χ4v) is 2.96. The van der Waals surface area contributed by atoms with E-state index in [1.807, 2.05) is 12.1 Å². The second-order valence-electron chi connectivity index (χ2n) is 4.43. The van der Waals surface area contributed by atoms with Gasteiger partial charge in [0.2, 0.25) is 5.91 Å². The smallest absolute Gasteiger partial charge is 0.326 e. The number of nitrogens with one attached hydrogen (secondary N) is 1. The molecule has 0 fully saturated rings. The van der Waals surface area contributed by atoms with Crippen molar-refractivity contribution in [1.82, 2.24) is 5.32 Å². The molecule has 2 atom stereocenters. The van der Waals surface area contributed by atoms with E-state index in [-0.39, 0.29) is 17.7 Å². The molecule has 18 heavy (non-hydrogen) atoms. The number of carboxylic acids is 1. The Morgan fingerprint density at radius 1 is 1.33 bits per heavy atom. The Morgan fingerprint density at radius 3 is 2.33 bits per heavy atom. The van der Waals surface area contributed by atoms with E-state index in [2.05, 4.69) is 21.2 Å². The SMILES string of the molecule is CC(C(=O)N[C@@H](C(=O)O)C(C)C)c1ccc(Br)s1. The summed E-state index contributed by atoms with van der Waals surface area (Å²) in [6, 6.07) is 2.90. The van der Waals surface area contributed by atoms with Gasteiger partial charge in [0, 0.05) is 4.88 Å². The Morgan fingerprint density at radius 2 is 1.94 bits per heavy atom. The number of amides is 1. The van der Waals surface area contributed by atoms with Gasteiger partial charge in [-0.15, -0.1) is 11.3 Å². The number of thiophene rings is 1. The zero-order valence-electron chi connectivity index (χ0n) is 10.4. The molecular weight excluding hydrogens is 318 g/mol. The van der Waals surface area contributed by atoms with Crippen LogP contribution >= 0.6 is 27.3 Å². The predicted octanol–water partition coefficient (Wildman–Crippen LogP) is 2.84. The summed E-state index contributed by atoms with van der Waals surface area (Å²) < 4.78 is 0.954. The van der Waals surface area contributed by atoms with Crippen LogP contribution in [0.2, 0.25) is 0 Å². The summed E-state index contributed by atoms with van der Waals surface area (Å²) in [5.74, 6) is -1.75. The van der Waals surface area contributed by atoms with Crippen LogP contribution in [0.15, 0.2) is 15.9 Å². The van der Waals surface area contributed by atoms with E-state index in [1.165, 1.54) is 11.3 Å². The van der Waals surface area contributed by atoms with Crippen molar-refractivity contribution < 1.29 is 14.7 Å². The maximum absolute atomic E-state index is 12.0. The number of hydrogen-bond donors (Lipinski definition) is 2. The lowest BCUT2D eigenvalue weighted by molar-refractivity contribution is -0.143. The molecule has 0 aliphatic rings. The number of aliphatic carboxylic acids is 1. The number of carbonyl (C=O) groups excluding carboxylic acids is 1. The lowest BCUT2D eigenvalue weighted by Crippen LogP contribution is -2.45. The van der Waals surface area contributed by atoms with Crippen molar-refractivity contribution in [2.24, 2.45) is 5.92 Å². The van der Waals surface area contributed by atoms with Gasteiger partial charge in [0.15, 0.2) is 0 Å². The summed E-state index contributed by atoms with van der Waals surface area (Å²) in [7, 11) is 0. The predicted molar refractivity (Wildman–Crippen MR) is 74.8 cm³/mol. The first-order valence-corrected chi connectivity index (χ1v) is 7.22. The Balaban J connectivity index is 2.73. The minimum atomic E-state index is -1.00.